The van der Waals surface area contributed by atoms with Crippen LogP contribution in [0.4, 0.5) is 0 Å². The van der Waals surface area contributed by atoms with Crippen molar-refractivity contribution >= 4 is 0 Å². The second kappa shape index (κ2) is 5.99. The number of nitrogens with two attached hydrogens (primary N) is 1. The van der Waals surface area contributed by atoms with E-state index in [4.69, 9.17) is 10.5 Å². The maximum absolute atomic E-state index is 5.92. The van der Waals surface area contributed by atoms with Crippen molar-refractivity contribution in [2.75, 3.05) is 26.2 Å². The van der Waals surface area contributed by atoms with E-state index in [0.29, 0.717) is 11.5 Å². The first-order valence-corrected chi connectivity index (χ1v) is 6.87. The molecule has 0 amide bonds. The van der Waals surface area contributed by atoms with Crippen LogP contribution in [0.3, 0.4) is 0 Å². The van der Waals surface area contributed by atoms with Crippen LogP contribution >= 0.6 is 0 Å². The van der Waals surface area contributed by atoms with Gasteiger partial charge in [0.1, 0.15) is 0 Å². The van der Waals surface area contributed by atoms with E-state index in [-0.39, 0.29) is 0 Å². The first-order chi connectivity index (χ1) is 7.85. The zero-order valence-corrected chi connectivity index (χ0v) is 10.3. The van der Waals surface area contributed by atoms with Gasteiger partial charge in [0.25, 0.3) is 0 Å². The van der Waals surface area contributed by atoms with Crippen LogP contribution in [0.15, 0.2) is 0 Å². The van der Waals surface area contributed by atoms with Gasteiger partial charge in [0.05, 0.1) is 6.10 Å². The number of hydrogen-bond acceptors (Lipinski definition) is 3. The molecule has 1 saturated carbocycles. The average molecular weight is 226 g/mol. The maximum Gasteiger partial charge on any atom is 0.0699 e. The lowest BCUT2D eigenvalue weighted by molar-refractivity contribution is 0.0155. The Morgan fingerprint density at radius 2 is 2.00 bits per heavy atom. The molecule has 2 rings (SSSR count). The molecule has 2 fully saturated rings. The Hall–Kier alpha value is -0.120. The van der Waals surface area contributed by atoms with Crippen LogP contribution in [0.1, 0.15) is 44.9 Å². The highest BCUT2D eigenvalue weighted by Crippen LogP contribution is 2.36. The maximum atomic E-state index is 5.92. The van der Waals surface area contributed by atoms with Crippen molar-refractivity contribution in [3.8, 4) is 0 Å². The topological polar surface area (TPSA) is 47.3 Å². The molecule has 94 valence electrons. The van der Waals surface area contributed by atoms with Crippen LogP contribution in [0.2, 0.25) is 0 Å². The molecule has 3 nitrogen and oxygen atoms in total. The van der Waals surface area contributed by atoms with Gasteiger partial charge < -0.3 is 15.8 Å². The summed E-state index contributed by atoms with van der Waals surface area (Å²) in [5.41, 5.74) is 6.31. The summed E-state index contributed by atoms with van der Waals surface area (Å²) in [6.07, 6.45) is 9.58. The fourth-order valence-electron chi connectivity index (χ4n) is 3.04. The third-order valence-electron chi connectivity index (χ3n) is 4.24. The highest BCUT2D eigenvalue weighted by Gasteiger charge is 2.32. The molecule has 0 radical (unpaired) electrons. The van der Waals surface area contributed by atoms with Gasteiger partial charge in [-0.2, -0.15) is 0 Å². The molecule has 1 atom stereocenters. The van der Waals surface area contributed by atoms with Gasteiger partial charge in [-0.05, 0) is 44.1 Å². The Labute approximate surface area is 99.1 Å². The van der Waals surface area contributed by atoms with E-state index >= 15 is 0 Å². The van der Waals surface area contributed by atoms with Gasteiger partial charge in [-0.25, -0.2) is 0 Å². The van der Waals surface area contributed by atoms with E-state index in [0.717, 1.165) is 26.2 Å². The third kappa shape index (κ3) is 3.19. The van der Waals surface area contributed by atoms with Crippen molar-refractivity contribution in [2.24, 2.45) is 11.1 Å². The minimum atomic E-state index is 0.397. The van der Waals surface area contributed by atoms with Crippen LogP contribution in [0.5, 0.6) is 0 Å². The molecule has 1 aliphatic carbocycles. The lowest BCUT2D eigenvalue weighted by Crippen LogP contribution is -2.41. The van der Waals surface area contributed by atoms with Gasteiger partial charge in [0.2, 0.25) is 0 Å². The lowest BCUT2D eigenvalue weighted by Gasteiger charge is -2.29. The first kappa shape index (κ1) is 12.3. The van der Waals surface area contributed by atoms with Crippen LogP contribution in [0.25, 0.3) is 0 Å². The molecule has 0 aromatic heterocycles. The molecule has 1 heterocycles. The molecular weight excluding hydrogens is 200 g/mol. The van der Waals surface area contributed by atoms with E-state index < -0.39 is 0 Å². The highest BCUT2D eigenvalue weighted by atomic mass is 16.5. The predicted octanol–water partition coefficient (Wildman–Crippen LogP) is 1.66. The second-order valence-corrected chi connectivity index (χ2v) is 5.53. The Morgan fingerprint density at radius 3 is 2.62 bits per heavy atom. The molecule has 1 aliphatic heterocycles. The Bertz CT molecular complexity index is 196. The number of hydrogen-bond donors (Lipinski definition) is 2. The van der Waals surface area contributed by atoms with Crippen LogP contribution < -0.4 is 11.1 Å². The summed E-state index contributed by atoms with van der Waals surface area (Å²) in [4.78, 5) is 0. The van der Waals surface area contributed by atoms with Crippen LogP contribution in [-0.2, 0) is 4.74 Å². The van der Waals surface area contributed by atoms with Gasteiger partial charge in [-0.3, -0.25) is 0 Å². The average Bonchev–Trinajstić information content (AvgIpc) is 2.80. The summed E-state index contributed by atoms with van der Waals surface area (Å²) in [6.45, 7) is 3.89. The molecular formula is C13H26N2O. The molecule has 0 bridgehead atoms. The molecule has 0 aromatic rings. The van der Waals surface area contributed by atoms with E-state index in [1.54, 1.807) is 0 Å². The second-order valence-electron chi connectivity index (χ2n) is 5.53. The standard InChI is InChI=1S/C13H26N2O/c14-10-13(6-2-3-7-13)11-15-9-12-5-1-4-8-16-12/h12,15H,1-11,14H2. The molecule has 3 heteroatoms. The van der Waals surface area contributed by atoms with E-state index in [1.807, 2.05) is 0 Å². The molecule has 16 heavy (non-hydrogen) atoms. The molecule has 0 spiro atoms. The zero-order valence-electron chi connectivity index (χ0n) is 10.3. The first-order valence-electron chi connectivity index (χ1n) is 6.87. The van der Waals surface area contributed by atoms with Gasteiger partial charge in [-0.15, -0.1) is 0 Å². The zero-order chi connectivity index (χ0) is 11.3. The Kier molecular flexibility index (Phi) is 4.62. The predicted molar refractivity (Wildman–Crippen MR) is 66.4 cm³/mol. The highest BCUT2D eigenvalue weighted by molar-refractivity contribution is 4.87. The van der Waals surface area contributed by atoms with E-state index in [9.17, 15) is 0 Å². The molecule has 2 aliphatic rings. The summed E-state index contributed by atoms with van der Waals surface area (Å²) < 4.78 is 5.72. The fourth-order valence-corrected chi connectivity index (χ4v) is 3.04. The Balaban J connectivity index is 1.66. The van der Waals surface area contributed by atoms with Crippen molar-refractivity contribution in [2.45, 2.75) is 51.0 Å². The van der Waals surface area contributed by atoms with Gasteiger partial charge >= 0.3 is 0 Å². The van der Waals surface area contributed by atoms with E-state index in [2.05, 4.69) is 5.32 Å². The summed E-state index contributed by atoms with van der Waals surface area (Å²) in [6, 6.07) is 0. The minimum Gasteiger partial charge on any atom is -0.377 e. The van der Waals surface area contributed by atoms with Crippen molar-refractivity contribution in [1.82, 2.24) is 5.32 Å². The monoisotopic (exact) mass is 226 g/mol. The van der Waals surface area contributed by atoms with Gasteiger partial charge in [-0.1, -0.05) is 12.8 Å². The van der Waals surface area contributed by atoms with Gasteiger partial charge in [0.15, 0.2) is 0 Å². The SMILES string of the molecule is NCC1(CNCC2CCCCO2)CCCC1. The number of rotatable bonds is 5. The van der Waals surface area contributed by atoms with Crippen LogP contribution in [-0.4, -0.2) is 32.3 Å². The van der Waals surface area contributed by atoms with Crippen molar-refractivity contribution < 1.29 is 4.74 Å². The fraction of sp³-hybridized carbons (Fsp3) is 1.00. The summed E-state index contributed by atoms with van der Waals surface area (Å²) >= 11 is 0. The molecule has 1 saturated heterocycles. The largest absolute Gasteiger partial charge is 0.377 e. The molecule has 3 N–H and O–H groups in total. The summed E-state index contributed by atoms with van der Waals surface area (Å²) in [5.74, 6) is 0. The quantitative estimate of drug-likeness (QED) is 0.749. The van der Waals surface area contributed by atoms with Crippen molar-refractivity contribution in [1.29, 1.82) is 0 Å². The summed E-state index contributed by atoms with van der Waals surface area (Å²) in [7, 11) is 0. The van der Waals surface area contributed by atoms with Crippen LogP contribution in [0, 0.1) is 5.41 Å². The van der Waals surface area contributed by atoms with Gasteiger partial charge in [0, 0.05) is 19.7 Å². The van der Waals surface area contributed by atoms with Crippen molar-refractivity contribution in [3.05, 3.63) is 0 Å². The smallest absolute Gasteiger partial charge is 0.0699 e. The molecule has 1 unspecified atom stereocenters. The lowest BCUT2D eigenvalue weighted by atomic mass is 9.86. The summed E-state index contributed by atoms with van der Waals surface area (Å²) in [5, 5.41) is 3.58. The normalized spacial score (nSPS) is 29.4. The number of nitrogens with one attached hydrogen (secondary N) is 1. The Morgan fingerprint density at radius 1 is 1.19 bits per heavy atom. The number of ether oxygens (including phenoxy) is 1. The molecule has 0 aromatic carbocycles. The van der Waals surface area contributed by atoms with Crippen molar-refractivity contribution in [3.63, 3.8) is 0 Å². The van der Waals surface area contributed by atoms with E-state index in [1.165, 1.54) is 44.9 Å². The minimum absolute atomic E-state index is 0.397. The third-order valence-corrected chi connectivity index (χ3v) is 4.24.